The molecule has 0 saturated heterocycles. The Balaban J connectivity index is 1.43. The molecule has 3 rings (SSSR count). The number of amides is 3. The van der Waals surface area contributed by atoms with Crippen LogP contribution in [-0.2, 0) is 0 Å². The van der Waals surface area contributed by atoms with E-state index in [-0.39, 0.29) is 17.4 Å². The summed E-state index contributed by atoms with van der Waals surface area (Å²) in [6.07, 6.45) is 3.68. The van der Waals surface area contributed by atoms with Gasteiger partial charge in [0.2, 0.25) is 0 Å². The van der Waals surface area contributed by atoms with Gasteiger partial charge in [-0.25, -0.2) is 9.78 Å². The minimum atomic E-state index is -0.473. The van der Waals surface area contributed by atoms with Crippen molar-refractivity contribution in [3.8, 4) is 0 Å². The van der Waals surface area contributed by atoms with Gasteiger partial charge in [0.25, 0.3) is 11.5 Å². The molecule has 0 aliphatic rings. The van der Waals surface area contributed by atoms with Gasteiger partial charge < -0.3 is 20.9 Å². The quantitative estimate of drug-likeness (QED) is 0.488. The number of aromatic amines is 1. The molecular formula is C18H18N6O3. The predicted molar refractivity (Wildman–Crippen MR) is 101 cm³/mol. The van der Waals surface area contributed by atoms with Crippen LogP contribution in [0.4, 0.5) is 10.5 Å². The van der Waals surface area contributed by atoms with Crippen molar-refractivity contribution in [1.29, 1.82) is 0 Å². The summed E-state index contributed by atoms with van der Waals surface area (Å²) in [5.74, 6) is -0.513. The van der Waals surface area contributed by atoms with E-state index in [1.807, 2.05) is 0 Å². The Labute approximate surface area is 154 Å². The van der Waals surface area contributed by atoms with Gasteiger partial charge in [0.15, 0.2) is 5.82 Å². The van der Waals surface area contributed by atoms with Crippen LogP contribution in [0.3, 0.4) is 0 Å². The van der Waals surface area contributed by atoms with Crippen molar-refractivity contribution >= 4 is 28.5 Å². The second-order valence-electron chi connectivity index (χ2n) is 5.66. The number of fused-ring (bicyclic) bond motifs is 1. The van der Waals surface area contributed by atoms with Crippen molar-refractivity contribution in [2.75, 3.05) is 18.4 Å². The third kappa shape index (κ3) is 4.88. The van der Waals surface area contributed by atoms with Crippen LogP contribution in [0.25, 0.3) is 10.9 Å². The molecule has 9 nitrogen and oxygen atoms in total. The predicted octanol–water partition coefficient (Wildman–Crippen LogP) is 1.26. The fourth-order valence-electron chi connectivity index (χ4n) is 2.38. The van der Waals surface area contributed by atoms with Crippen LogP contribution in [0.5, 0.6) is 0 Å². The summed E-state index contributed by atoms with van der Waals surface area (Å²) in [6.45, 7) is 0.698. The number of anilines is 1. The molecule has 0 aliphatic carbocycles. The van der Waals surface area contributed by atoms with E-state index in [2.05, 4.69) is 30.9 Å². The van der Waals surface area contributed by atoms with Gasteiger partial charge in [-0.3, -0.25) is 14.6 Å². The van der Waals surface area contributed by atoms with E-state index < -0.39 is 5.91 Å². The number of aromatic nitrogens is 3. The van der Waals surface area contributed by atoms with Crippen molar-refractivity contribution < 1.29 is 9.59 Å². The molecule has 27 heavy (non-hydrogen) atoms. The van der Waals surface area contributed by atoms with Crippen LogP contribution in [0.2, 0.25) is 0 Å². The first kappa shape index (κ1) is 18.1. The first-order valence-corrected chi connectivity index (χ1v) is 8.35. The van der Waals surface area contributed by atoms with E-state index in [9.17, 15) is 14.4 Å². The third-order valence-corrected chi connectivity index (χ3v) is 3.69. The molecule has 0 radical (unpaired) electrons. The molecule has 138 valence electrons. The summed E-state index contributed by atoms with van der Waals surface area (Å²) in [7, 11) is 0. The molecule has 2 heterocycles. The lowest BCUT2D eigenvalue weighted by atomic mass is 10.2. The largest absolute Gasteiger partial charge is 0.349 e. The van der Waals surface area contributed by atoms with Crippen LogP contribution in [-0.4, -0.2) is 40.0 Å². The number of urea groups is 1. The van der Waals surface area contributed by atoms with Gasteiger partial charge in [-0.15, -0.1) is 0 Å². The molecular weight excluding hydrogens is 348 g/mol. The molecule has 2 aromatic heterocycles. The average molecular weight is 366 g/mol. The molecule has 9 heteroatoms. The summed E-state index contributed by atoms with van der Waals surface area (Å²) >= 11 is 0. The number of pyridine rings is 1. The highest BCUT2D eigenvalue weighted by atomic mass is 16.2. The van der Waals surface area contributed by atoms with Gasteiger partial charge in [0, 0.05) is 31.2 Å². The smallest absolute Gasteiger partial charge is 0.319 e. The number of hydrogen-bond donors (Lipinski definition) is 4. The highest BCUT2D eigenvalue weighted by Crippen LogP contribution is 2.05. The van der Waals surface area contributed by atoms with Crippen LogP contribution in [0.15, 0.2) is 53.6 Å². The standard InChI is InChI=1S/C18H18N6O3/c25-16-13-4-1-2-5-14(13)23-15(24-16)17(26)20-8-3-9-21-18(27)22-12-6-10-19-11-7-12/h1-2,4-7,10-11H,3,8-9H2,(H,20,26)(H,23,24,25)(H2,19,21,22,27). The Kier molecular flexibility index (Phi) is 5.73. The van der Waals surface area contributed by atoms with Crippen molar-refractivity contribution in [2.45, 2.75) is 6.42 Å². The molecule has 4 N–H and O–H groups in total. The van der Waals surface area contributed by atoms with E-state index in [1.54, 1.807) is 48.8 Å². The number of carbonyl (C=O) groups is 2. The second kappa shape index (κ2) is 8.56. The molecule has 0 aliphatic heterocycles. The zero-order valence-electron chi connectivity index (χ0n) is 14.4. The second-order valence-corrected chi connectivity index (χ2v) is 5.66. The molecule has 0 fully saturated rings. The zero-order chi connectivity index (χ0) is 19.1. The number of para-hydroxylation sites is 1. The molecule has 3 amide bonds. The number of nitrogens with one attached hydrogen (secondary N) is 4. The number of rotatable bonds is 6. The first-order chi connectivity index (χ1) is 13.1. The Morgan fingerprint density at radius 1 is 1.00 bits per heavy atom. The van der Waals surface area contributed by atoms with Gasteiger partial charge in [0.05, 0.1) is 10.9 Å². The first-order valence-electron chi connectivity index (χ1n) is 8.35. The Hall–Kier alpha value is -3.75. The highest BCUT2D eigenvalue weighted by molar-refractivity contribution is 5.92. The number of hydrogen-bond acceptors (Lipinski definition) is 5. The number of carbonyl (C=O) groups excluding carboxylic acids is 2. The normalized spacial score (nSPS) is 10.4. The maximum absolute atomic E-state index is 12.1. The number of H-pyrrole nitrogens is 1. The van der Waals surface area contributed by atoms with Crippen LogP contribution in [0.1, 0.15) is 17.0 Å². The molecule has 1 aromatic carbocycles. The van der Waals surface area contributed by atoms with Crippen LogP contribution >= 0.6 is 0 Å². The van der Waals surface area contributed by atoms with E-state index in [4.69, 9.17) is 0 Å². The summed E-state index contributed by atoms with van der Waals surface area (Å²) < 4.78 is 0. The molecule has 0 bridgehead atoms. The number of nitrogens with zero attached hydrogens (tertiary/aromatic N) is 2. The maximum Gasteiger partial charge on any atom is 0.319 e. The monoisotopic (exact) mass is 366 g/mol. The van der Waals surface area contributed by atoms with Crippen molar-refractivity contribution in [2.24, 2.45) is 0 Å². The fourth-order valence-corrected chi connectivity index (χ4v) is 2.38. The molecule has 0 spiro atoms. The van der Waals surface area contributed by atoms with E-state index in [1.165, 1.54) is 0 Å². The van der Waals surface area contributed by atoms with Crippen LogP contribution in [0, 0.1) is 0 Å². The molecule has 3 aromatic rings. The minimum Gasteiger partial charge on any atom is -0.349 e. The summed E-state index contributed by atoms with van der Waals surface area (Å²) in [4.78, 5) is 46.3. The van der Waals surface area contributed by atoms with E-state index in [0.29, 0.717) is 36.1 Å². The lowest BCUT2D eigenvalue weighted by molar-refractivity contribution is 0.0943. The van der Waals surface area contributed by atoms with Gasteiger partial charge in [-0.1, -0.05) is 12.1 Å². The lowest BCUT2D eigenvalue weighted by Gasteiger charge is -2.08. The van der Waals surface area contributed by atoms with E-state index >= 15 is 0 Å². The maximum atomic E-state index is 12.1. The Morgan fingerprint density at radius 3 is 2.56 bits per heavy atom. The van der Waals surface area contributed by atoms with Gasteiger partial charge in [-0.05, 0) is 30.7 Å². The SMILES string of the molecule is O=C(NCCCNC(=O)c1nc2ccccc2c(=O)[nH]1)Nc1ccncc1. The summed E-state index contributed by atoms with van der Waals surface area (Å²) in [6, 6.07) is 9.82. The average Bonchev–Trinajstić information content (AvgIpc) is 2.68. The van der Waals surface area contributed by atoms with Crippen molar-refractivity contribution in [1.82, 2.24) is 25.6 Å². The van der Waals surface area contributed by atoms with Crippen molar-refractivity contribution in [3.63, 3.8) is 0 Å². The van der Waals surface area contributed by atoms with E-state index in [0.717, 1.165) is 0 Å². The Bertz CT molecular complexity index is 1000. The lowest BCUT2D eigenvalue weighted by Crippen LogP contribution is -2.33. The molecule has 0 atom stereocenters. The topological polar surface area (TPSA) is 129 Å². The number of benzene rings is 1. The fraction of sp³-hybridized carbons (Fsp3) is 0.167. The minimum absolute atomic E-state index is 0.0397. The van der Waals surface area contributed by atoms with Gasteiger partial charge in [-0.2, -0.15) is 0 Å². The molecule has 0 saturated carbocycles. The summed E-state index contributed by atoms with van der Waals surface area (Å²) in [5.41, 5.74) is 0.739. The highest BCUT2D eigenvalue weighted by Gasteiger charge is 2.10. The van der Waals surface area contributed by atoms with Crippen LogP contribution < -0.4 is 21.5 Å². The third-order valence-electron chi connectivity index (χ3n) is 3.69. The molecule has 0 unspecified atom stereocenters. The summed E-state index contributed by atoms with van der Waals surface area (Å²) in [5, 5.41) is 8.44. The zero-order valence-corrected chi connectivity index (χ0v) is 14.4. The van der Waals surface area contributed by atoms with Gasteiger partial charge in [0.1, 0.15) is 0 Å². The van der Waals surface area contributed by atoms with Gasteiger partial charge >= 0.3 is 6.03 Å². The van der Waals surface area contributed by atoms with Crippen molar-refractivity contribution in [3.05, 3.63) is 65.0 Å². The Morgan fingerprint density at radius 2 is 1.74 bits per heavy atom.